The molecule has 1 amide bonds. The average molecular weight is 464 g/mol. The van der Waals surface area contributed by atoms with Gasteiger partial charge in [-0.15, -0.1) is 0 Å². The number of carbonyl (C=O) groups excluding carboxylic acids is 1. The fourth-order valence-electron chi connectivity index (χ4n) is 3.40. The van der Waals surface area contributed by atoms with Crippen LogP contribution in [0.5, 0.6) is 5.75 Å². The molecule has 0 spiro atoms. The molecule has 0 fully saturated rings. The van der Waals surface area contributed by atoms with Crippen molar-refractivity contribution in [1.29, 1.82) is 0 Å². The van der Waals surface area contributed by atoms with Gasteiger partial charge in [0, 0.05) is 29.5 Å². The standard InChI is InChI=1S/C24H22BrN3O2/c1-30-20-12-6-17(7-13-20)16-28-22-5-3-2-4-21(22)27-23(28)14-15-26-24(29)18-8-10-19(25)11-9-18/h2-13H,14-16H2,1H3,(H,26,29). The zero-order valence-corrected chi connectivity index (χ0v) is 18.2. The molecule has 0 aliphatic rings. The van der Waals surface area contributed by atoms with Crippen LogP contribution in [0.3, 0.4) is 0 Å². The van der Waals surface area contributed by atoms with E-state index in [0.717, 1.165) is 27.1 Å². The highest BCUT2D eigenvalue weighted by molar-refractivity contribution is 9.10. The molecule has 0 saturated heterocycles. The Morgan fingerprint density at radius 3 is 2.50 bits per heavy atom. The van der Waals surface area contributed by atoms with Crippen LogP contribution in [0.2, 0.25) is 0 Å². The maximum absolute atomic E-state index is 12.4. The summed E-state index contributed by atoms with van der Waals surface area (Å²) in [4.78, 5) is 17.2. The van der Waals surface area contributed by atoms with Gasteiger partial charge in [0.1, 0.15) is 11.6 Å². The van der Waals surface area contributed by atoms with Crippen LogP contribution in [0.1, 0.15) is 21.7 Å². The summed E-state index contributed by atoms with van der Waals surface area (Å²) in [5.41, 5.74) is 3.85. The van der Waals surface area contributed by atoms with E-state index in [1.807, 2.05) is 42.5 Å². The minimum atomic E-state index is -0.0830. The molecule has 5 nitrogen and oxygen atoms in total. The van der Waals surface area contributed by atoms with Crippen molar-refractivity contribution < 1.29 is 9.53 Å². The zero-order chi connectivity index (χ0) is 20.9. The lowest BCUT2D eigenvalue weighted by Gasteiger charge is -2.11. The second-order valence-electron chi connectivity index (χ2n) is 6.96. The van der Waals surface area contributed by atoms with Gasteiger partial charge in [0.05, 0.1) is 18.1 Å². The van der Waals surface area contributed by atoms with Crippen molar-refractivity contribution in [3.63, 3.8) is 0 Å². The molecule has 0 radical (unpaired) electrons. The van der Waals surface area contributed by atoms with Crippen LogP contribution in [-0.4, -0.2) is 29.1 Å². The average Bonchev–Trinajstić information content (AvgIpc) is 3.12. The molecule has 0 atom stereocenters. The van der Waals surface area contributed by atoms with Crippen LogP contribution in [0.4, 0.5) is 0 Å². The lowest BCUT2D eigenvalue weighted by Crippen LogP contribution is -2.26. The SMILES string of the molecule is COc1ccc(Cn2c(CCNC(=O)c3ccc(Br)cc3)nc3ccccc32)cc1. The number of rotatable bonds is 7. The number of benzene rings is 3. The van der Waals surface area contributed by atoms with E-state index in [9.17, 15) is 4.79 Å². The minimum absolute atomic E-state index is 0.0830. The summed E-state index contributed by atoms with van der Waals surface area (Å²) in [6.07, 6.45) is 0.646. The quantitative estimate of drug-likeness (QED) is 0.427. The normalized spacial score (nSPS) is 10.9. The van der Waals surface area contributed by atoms with Gasteiger partial charge in [-0.25, -0.2) is 4.98 Å². The van der Waals surface area contributed by atoms with E-state index in [-0.39, 0.29) is 5.91 Å². The van der Waals surface area contributed by atoms with E-state index in [1.165, 1.54) is 5.56 Å². The summed E-state index contributed by atoms with van der Waals surface area (Å²) in [6.45, 7) is 1.22. The Morgan fingerprint density at radius 2 is 1.77 bits per heavy atom. The Labute approximate surface area is 183 Å². The minimum Gasteiger partial charge on any atom is -0.497 e. The summed E-state index contributed by atoms with van der Waals surface area (Å²) in [6, 6.07) is 23.5. The van der Waals surface area contributed by atoms with Gasteiger partial charge in [0.2, 0.25) is 0 Å². The van der Waals surface area contributed by atoms with Gasteiger partial charge >= 0.3 is 0 Å². The Kier molecular flexibility index (Phi) is 6.14. The Balaban J connectivity index is 1.50. The van der Waals surface area contributed by atoms with Gasteiger partial charge in [-0.3, -0.25) is 4.79 Å². The number of halogens is 1. The molecule has 152 valence electrons. The summed E-state index contributed by atoms with van der Waals surface area (Å²) in [7, 11) is 1.67. The molecule has 30 heavy (non-hydrogen) atoms. The number of hydrogen-bond acceptors (Lipinski definition) is 3. The Bertz CT molecular complexity index is 1150. The summed E-state index contributed by atoms with van der Waals surface area (Å²) < 4.78 is 8.42. The molecule has 0 bridgehead atoms. The molecule has 0 aliphatic carbocycles. The van der Waals surface area contributed by atoms with Gasteiger partial charge < -0.3 is 14.6 Å². The number of imidazole rings is 1. The summed E-state index contributed by atoms with van der Waals surface area (Å²) in [5.74, 6) is 1.70. The van der Waals surface area contributed by atoms with Crippen LogP contribution >= 0.6 is 15.9 Å². The number of aromatic nitrogens is 2. The van der Waals surface area contributed by atoms with Gasteiger partial charge in [0.25, 0.3) is 5.91 Å². The number of fused-ring (bicyclic) bond motifs is 1. The fraction of sp³-hybridized carbons (Fsp3) is 0.167. The number of hydrogen-bond donors (Lipinski definition) is 1. The predicted octanol–water partition coefficient (Wildman–Crippen LogP) is 4.83. The number of ether oxygens (including phenoxy) is 1. The first-order valence-electron chi connectivity index (χ1n) is 9.75. The summed E-state index contributed by atoms with van der Waals surface area (Å²) in [5, 5.41) is 2.99. The van der Waals surface area contributed by atoms with E-state index in [1.54, 1.807) is 19.2 Å². The first-order valence-corrected chi connectivity index (χ1v) is 10.5. The largest absolute Gasteiger partial charge is 0.497 e. The summed E-state index contributed by atoms with van der Waals surface area (Å²) >= 11 is 3.39. The van der Waals surface area contributed by atoms with Crippen molar-refractivity contribution >= 4 is 32.9 Å². The van der Waals surface area contributed by atoms with Crippen LogP contribution in [-0.2, 0) is 13.0 Å². The van der Waals surface area contributed by atoms with Crippen LogP contribution in [0.15, 0.2) is 77.3 Å². The van der Waals surface area contributed by atoms with Crippen molar-refractivity contribution in [2.75, 3.05) is 13.7 Å². The molecular weight excluding hydrogens is 442 g/mol. The number of nitrogens with one attached hydrogen (secondary N) is 1. The third-order valence-corrected chi connectivity index (χ3v) is 5.50. The number of carbonyl (C=O) groups is 1. The monoisotopic (exact) mass is 463 g/mol. The van der Waals surface area contributed by atoms with E-state index >= 15 is 0 Å². The van der Waals surface area contributed by atoms with E-state index < -0.39 is 0 Å². The maximum atomic E-state index is 12.4. The van der Waals surface area contributed by atoms with Crippen molar-refractivity contribution in [1.82, 2.24) is 14.9 Å². The highest BCUT2D eigenvalue weighted by Gasteiger charge is 2.12. The van der Waals surface area contributed by atoms with Crippen LogP contribution < -0.4 is 10.1 Å². The first kappa shape index (κ1) is 20.2. The van der Waals surface area contributed by atoms with Crippen molar-refractivity contribution in [2.24, 2.45) is 0 Å². The predicted molar refractivity (Wildman–Crippen MR) is 122 cm³/mol. The van der Waals surface area contributed by atoms with Gasteiger partial charge in [-0.1, -0.05) is 40.2 Å². The third-order valence-electron chi connectivity index (χ3n) is 4.97. The van der Waals surface area contributed by atoms with Crippen LogP contribution in [0, 0.1) is 0 Å². The van der Waals surface area contributed by atoms with Crippen molar-refractivity contribution in [2.45, 2.75) is 13.0 Å². The molecule has 3 aromatic carbocycles. The second kappa shape index (κ2) is 9.13. The Morgan fingerprint density at radius 1 is 1.03 bits per heavy atom. The number of methoxy groups -OCH3 is 1. The lowest BCUT2D eigenvalue weighted by molar-refractivity contribution is 0.0954. The maximum Gasteiger partial charge on any atom is 0.251 e. The van der Waals surface area contributed by atoms with E-state index in [4.69, 9.17) is 9.72 Å². The van der Waals surface area contributed by atoms with Gasteiger partial charge in [-0.05, 0) is 54.1 Å². The third kappa shape index (κ3) is 4.54. The lowest BCUT2D eigenvalue weighted by atomic mass is 10.2. The molecular formula is C24H22BrN3O2. The smallest absolute Gasteiger partial charge is 0.251 e. The zero-order valence-electron chi connectivity index (χ0n) is 16.6. The van der Waals surface area contributed by atoms with Crippen LogP contribution in [0.25, 0.3) is 11.0 Å². The first-order chi connectivity index (χ1) is 14.6. The number of nitrogens with zero attached hydrogens (tertiary/aromatic N) is 2. The van der Waals surface area contributed by atoms with E-state index in [0.29, 0.717) is 25.1 Å². The highest BCUT2D eigenvalue weighted by Crippen LogP contribution is 2.20. The highest BCUT2D eigenvalue weighted by atomic mass is 79.9. The molecule has 0 unspecified atom stereocenters. The van der Waals surface area contributed by atoms with Crippen molar-refractivity contribution in [3.8, 4) is 5.75 Å². The topological polar surface area (TPSA) is 56.1 Å². The van der Waals surface area contributed by atoms with E-state index in [2.05, 4.69) is 44.0 Å². The fourth-order valence-corrected chi connectivity index (χ4v) is 3.66. The van der Waals surface area contributed by atoms with Gasteiger partial charge in [-0.2, -0.15) is 0 Å². The molecule has 1 heterocycles. The van der Waals surface area contributed by atoms with Crippen molar-refractivity contribution in [3.05, 3.63) is 94.2 Å². The molecule has 4 rings (SSSR count). The molecule has 0 saturated carbocycles. The molecule has 6 heteroatoms. The molecule has 1 aromatic heterocycles. The molecule has 0 aliphatic heterocycles. The molecule has 1 N–H and O–H groups in total. The second-order valence-corrected chi connectivity index (χ2v) is 7.88. The number of para-hydroxylation sites is 2. The van der Waals surface area contributed by atoms with Gasteiger partial charge in [0.15, 0.2) is 0 Å². The number of amides is 1. The molecule has 4 aromatic rings. The Hall–Kier alpha value is -3.12.